The second kappa shape index (κ2) is 8.39. The molecule has 3 aromatic heterocycles. The fraction of sp³-hybridized carbons (Fsp3) is 0.292. The van der Waals surface area contributed by atoms with E-state index in [0.717, 1.165) is 16.0 Å². The van der Waals surface area contributed by atoms with Crippen molar-refractivity contribution < 1.29 is 13.2 Å². The van der Waals surface area contributed by atoms with Crippen molar-refractivity contribution in [2.24, 2.45) is 0 Å². The first-order valence-corrected chi connectivity index (χ1v) is 13.5. The van der Waals surface area contributed by atoms with Gasteiger partial charge in [0.1, 0.15) is 0 Å². The Balaban J connectivity index is 1.63. The number of carbonyl (C=O) groups is 1. The minimum Gasteiger partial charge on any atom is -0.347 e. The molecule has 7 nitrogen and oxygen atoms in total. The van der Waals surface area contributed by atoms with Gasteiger partial charge in [-0.05, 0) is 37.8 Å². The summed E-state index contributed by atoms with van der Waals surface area (Å²) in [5.41, 5.74) is 4.39. The molecule has 0 bridgehead atoms. The van der Waals surface area contributed by atoms with E-state index < -0.39 is 9.84 Å². The van der Waals surface area contributed by atoms with E-state index in [1.807, 2.05) is 55.6 Å². The number of nitrogens with zero attached hydrogens (tertiary/aromatic N) is 3. The summed E-state index contributed by atoms with van der Waals surface area (Å²) >= 11 is 1.59. The van der Waals surface area contributed by atoms with Crippen LogP contribution in [0, 0.1) is 13.8 Å². The van der Waals surface area contributed by atoms with E-state index in [0.29, 0.717) is 41.0 Å². The number of carbonyl (C=O) groups excluding carboxylic acids is 1. The molecule has 1 aliphatic rings. The minimum absolute atomic E-state index is 0.0412. The van der Waals surface area contributed by atoms with Crippen LogP contribution in [0.4, 0.5) is 0 Å². The van der Waals surface area contributed by atoms with Crippen LogP contribution in [-0.2, 0) is 16.4 Å². The number of amides is 1. The standard InChI is InChI=1S/C24H24N4O3S2/c1-15-5-7-17(8-6-15)21-12-20(24(29)25-13-19-4-3-10-32-19)22-16(2)27-28(23(22)26-21)18-9-11-33(30,31)14-18/h3-8,10,12,18H,9,11,13-14H2,1-2H3,(H,25,29). The van der Waals surface area contributed by atoms with Gasteiger partial charge in [0.05, 0.1) is 46.4 Å². The molecule has 1 amide bonds. The number of hydrogen-bond donors (Lipinski definition) is 1. The monoisotopic (exact) mass is 480 g/mol. The van der Waals surface area contributed by atoms with Crippen LogP contribution in [0.25, 0.3) is 22.3 Å². The molecule has 4 aromatic rings. The summed E-state index contributed by atoms with van der Waals surface area (Å²) in [6.07, 6.45) is 0.495. The first-order chi connectivity index (χ1) is 15.8. The van der Waals surface area contributed by atoms with Crippen molar-refractivity contribution >= 4 is 38.1 Å². The van der Waals surface area contributed by atoms with Crippen LogP contribution >= 0.6 is 11.3 Å². The molecule has 4 heterocycles. The highest BCUT2D eigenvalue weighted by Crippen LogP contribution is 2.32. The molecule has 1 unspecified atom stereocenters. The topological polar surface area (TPSA) is 94.0 Å². The summed E-state index contributed by atoms with van der Waals surface area (Å²) in [5.74, 6) is -0.0189. The van der Waals surface area contributed by atoms with Crippen LogP contribution in [-0.4, -0.2) is 40.6 Å². The third-order valence-electron chi connectivity index (χ3n) is 5.99. The lowest BCUT2D eigenvalue weighted by Gasteiger charge is -2.12. The number of nitrogens with one attached hydrogen (secondary N) is 1. The molecule has 1 saturated heterocycles. The molecule has 1 aliphatic heterocycles. The molecule has 1 fully saturated rings. The van der Waals surface area contributed by atoms with E-state index in [4.69, 9.17) is 4.98 Å². The Kier molecular flexibility index (Phi) is 5.54. The Labute approximate surface area is 196 Å². The van der Waals surface area contributed by atoms with Crippen molar-refractivity contribution in [3.8, 4) is 11.3 Å². The lowest BCUT2D eigenvalue weighted by molar-refractivity contribution is 0.0953. The average Bonchev–Trinajstić information content (AvgIpc) is 3.51. The molecule has 1 N–H and O–H groups in total. The van der Waals surface area contributed by atoms with Crippen molar-refractivity contribution in [3.05, 3.63) is 69.5 Å². The zero-order valence-corrected chi connectivity index (χ0v) is 20.0. The van der Waals surface area contributed by atoms with Gasteiger partial charge in [-0.1, -0.05) is 35.9 Å². The van der Waals surface area contributed by atoms with Gasteiger partial charge in [-0.3, -0.25) is 4.79 Å². The van der Waals surface area contributed by atoms with Crippen LogP contribution < -0.4 is 5.32 Å². The number of thiophene rings is 1. The number of sulfone groups is 1. The van der Waals surface area contributed by atoms with Crippen molar-refractivity contribution in [1.29, 1.82) is 0 Å². The second-order valence-corrected chi connectivity index (χ2v) is 11.7. The first kappa shape index (κ1) is 21.8. The van der Waals surface area contributed by atoms with Crippen LogP contribution in [0.1, 0.15) is 39.0 Å². The number of pyridine rings is 1. The van der Waals surface area contributed by atoms with Gasteiger partial charge < -0.3 is 5.32 Å². The molecule has 0 saturated carbocycles. The lowest BCUT2D eigenvalue weighted by Crippen LogP contribution is -2.23. The molecule has 33 heavy (non-hydrogen) atoms. The maximum atomic E-state index is 13.3. The second-order valence-electron chi connectivity index (χ2n) is 8.47. The van der Waals surface area contributed by atoms with Gasteiger partial charge in [-0.25, -0.2) is 18.1 Å². The number of aryl methyl sites for hydroxylation is 2. The number of benzene rings is 1. The molecule has 1 aromatic carbocycles. The highest BCUT2D eigenvalue weighted by molar-refractivity contribution is 7.91. The largest absolute Gasteiger partial charge is 0.347 e. The number of rotatable bonds is 5. The van der Waals surface area contributed by atoms with Gasteiger partial charge in [0, 0.05) is 10.4 Å². The number of aromatic nitrogens is 3. The number of fused-ring (bicyclic) bond motifs is 1. The van der Waals surface area contributed by atoms with Crippen molar-refractivity contribution in [1.82, 2.24) is 20.1 Å². The Morgan fingerprint density at radius 2 is 2.00 bits per heavy atom. The molecular weight excluding hydrogens is 456 g/mol. The summed E-state index contributed by atoms with van der Waals surface area (Å²) in [4.78, 5) is 19.2. The predicted molar refractivity (Wildman–Crippen MR) is 130 cm³/mol. The van der Waals surface area contributed by atoms with Crippen molar-refractivity contribution in [2.75, 3.05) is 11.5 Å². The smallest absolute Gasteiger partial charge is 0.252 e. The van der Waals surface area contributed by atoms with Crippen LogP contribution in [0.2, 0.25) is 0 Å². The first-order valence-electron chi connectivity index (χ1n) is 10.8. The van der Waals surface area contributed by atoms with E-state index in [-0.39, 0.29) is 23.5 Å². The zero-order valence-electron chi connectivity index (χ0n) is 18.4. The molecular formula is C24H24N4O3S2. The molecule has 0 radical (unpaired) electrons. The summed E-state index contributed by atoms with van der Waals surface area (Å²) < 4.78 is 26.0. The van der Waals surface area contributed by atoms with Gasteiger partial charge >= 0.3 is 0 Å². The fourth-order valence-corrected chi connectivity index (χ4v) is 6.60. The van der Waals surface area contributed by atoms with E-state index >= 15 is 0 Å². The van der Waals surface area contributed by atoms with Crippen molar-refractivity contribution in [2.45, 2.75) is 32.9 Å². The quantitative estimate of drug-likeness (QED) is 0.465. The Morgan fingerprint density at radius 1 is 1.21 bits per heavy atom. The third kappa shape index (κ3) is 4.30. The van der Waals surface area contributed by atoms with E-state index in [9.17, 15) is 13.2 Å². The average molecular weight is 481 g/mol. The van der Waals surface area contributed by atoms with Crippen molar-refractivity contribution in [3.63, 3.8) is 0 Å². The van der Waals surface area contributed by atoms with E-state index in [1.54, 1.807) is 22.1 Å². The molecule has 0 aliphatic carbocycles. The Hall–Kier alpha value is -3.04. The van der Waals surface area contributed by atoms with Gasteiger partial charge in [-0.2, -0.15) is 5.10 Å². The predicted octanol–water partition coefficient (Wildman–Crippen LogP) is 4.07. The van der Waals surface area contributed by atoms with E-state index in [2.05, 4.69) is 10.4 Å². The molecule has 5 rings (SSSR count). The Bertz CT molecular complexity index is 1440. The van der Waals surface area contributed by atoms with Gasteiger partial charge in [0.2, 0.25) is 0 Å². The SMILES string of the molecule is Cc1ccc(-c2cc(C(=O)NCc3cccs3)c3c(C)nn(C4CCS(=O)(=O)C4)c3n2)cc1. The summed E-state index contributed by atoms with van der Waals surface area (Å²) in [7, 11) is -3.10. The third-order valence-corrected chi connectivity index (χ3v) is 8.61. The van der Waals surface area contributed by atoms with E-state index in [1.165, 1.54) is 0 Å². The highest BCUT2D eigenvalue weighted by atomic mass is 32.2. The maximum Gasteiger partial charge on any atom is 0.252 e. The molecule has 0 spiro atoms. The van der Waals surface area contributed by atoms with Crippen LogP contribution in [0.3, 0.4) is 0 Å². The molecule has 9 heteroatoms. The minimum atomic E-state index is -3.10. The Morgan fingerprint density at radius 3 is 2.67 bits per heavy atom. The normalized spacial score (nSPS) is 17.5. The number of hydrogen-bond acceptors (Lipinski definition) is 6. The maximum absolute atomic E-state index is 13.3. The molecule has 170 valence electrons. The van der Waals surface area contributed by atoms with Gasteiger partial charge in [-0.15, -0.1) is 11.3 Å². The summed E-state index contributed by atoms with van der Waals surface area (Å²) in [5, 5.41) is 10.3. The van der Waals surface area contributed by atoms with Crippen LogP contribution in [0.15, 0.2) is 47.8 Å². The fourth-order valence-electron chi connectivity index (χ4n) is 4.26. The zero-order chi connectivity index (χ0) is 23.2. The summed E-state index contributed by atoms with van der Waals surface area (Å²) in [6.45, 7) is 4.29. The van der Waals surface area contributed by atoms with Gasteiger partial charge in [0.25, 0.3) is 5.91 Å². The highest BCUT2D eigenvalue weighted by Gasteiger charge is 2.32. The summed E-state index contributed by atoms with van der Waals surface area (Å²) in [6, 6.07) is 13.4. The molecule has 1 atom stereocenters. The van der Waals surface area contributed by atoms with Gasteiger partial charge in [0.15, 0.2) is 15.5 Å². The van der Waals surface area contributed by atoms with Crippen LogP contribution in [0.5, 0.6) is 0 Å². The lowest BCUT2D eigenvalue weighted by atomic mass is 10.0.